The molecule has 0 bridgehead atoms. The van der Waals surface area contributed by atoms with Crippen LogP contribution in [0.5, 0.6) is 11.5 Å². The van der Waals surface area contributed by atoms with Crippen molar-refractivity contribution in [1.29, 1.82) is 0 Å². The van der Waals surface area contributed by atoms with Gasteiger partial charge in [0.1, 0.15) is 23.8 Å². The lowest BCUT2D eigenvalue weighted by Gasteiger charge is -2.07. The van der Waals surface area contributed by atoms with Gasteiger partial charge in [0, 0.05) is 17.3 Å². The summed E-state index contributed by atoms with van der Waals surface area (Å²) in [5.41, 5.74) is 8.14. The predicted molar refractivity (Wildman–Crippen MR) is 157 cm³/mol. The molecule has 0 aliphatic carbocycles. The average molecular weight is 531 g/mol. The number of hydrazone groups is 1. The van der Waals surface area contributed by atoms with Crippen LogP contribution in [-0.4, -0.2) is 28.5 Å². The summed E-state index contributed by atoms with van der Waals surface area (Å²) in [5, 5.41) is 8.98. The van der Waals surface area contributed by atoms with E-state index in [2.05, 4.69) is 17.5 Å². The molecule has 7 heteroatoms. The van der Waals surface area contributed by atoms with Crippen LogP contribution < -0.4 is 14.9 Å². The van der Waals surface area contributed by atoms with Crippen molar-refractivity contribution in [2.45, 2.75) is 20.0 Å². The average Bonchev–Trinajstić information content (AvgIpc) is 3.44. The van der Waals surface area contributed by atoms with Crippen LogP contribution in [0.4, 0.5) is 0 Å². The molecule has 7 nitrogen and oxygen atoms in total. The van der Waals surface area contributed by atoms with E-state index in [1.54, 1.807) is 10.9 Å². The van der Waals surface area contributed by atoms with Gasteiger partial charge in [-0.05, 0) is 66.1 Å². The van der Waals surface area contributed by atoms with E-state index >= 15 is 0 Å². The highest BCUT2D eigenvalue weighted by atomic mass is 16.5. The molecule has 1 aromatic heterocycles. The van der Waals surface area contributed by atoms with Crippen molar-refractivity contribution in [2.75, 3.05) is 6.61 Å². The van der Waals surface area contributed by atoms with E-state index in [4.69, 9.17) is 14.6 Å². The molecule has 0 atom stereocenters. The number of aromatic nitrogens is 2. The minimum atomic E-state index is -0.354. The lowest BCUT2D eigenvalue weighted by atomic mass is 10.1. The summed E-state index contributed by atoms with van der Waals surface area (Å²) < 4.78 is 13.3. The summed E-state index contributed by atoms with van der Waals surface area (Å²) in [6.07, 6.45) is 4.42. The summed E-state index contributed by atoms with van der Waals surface area (Å²) >= 11 is 0. The van der Waals surface area contributed by atoms with Crippen LogP contribution in [0.15, 0.2) is 120 Å². The molecular formula is C33H30N4O3. The Morgan fingerprint density at radius 2 is 1.48 bits per heavy atom. The first kappa shape index (κ1) is 26.4. The van der Waals surface area contributed by atoms with E-state index in [0.29, 0.717) is 12.4 Å². The quantitative estimate of drug-likeness (QED) is 0.163. The number of rotatable bonds is 11. The van der Waals surface area contributed by atoms with Gasteiger partial charge in [0.2, 0.25) is 0 Å². The van der Waals surface area contributed by atoms with Crippen LogP contribution in [0.1, 0.15) is 23.6 Å². The summed E-state index contributed by atoms with van der Waals surface area (Å²) in [5.74, 6) is 1.05. The van der Waals surface area contributed by atoms with E-state index in [-0.39, 0.29) is 12.5 Å². The van der Waals surface area contributed by atoms with Crippen molar-refractivity contribution in [3.05, 3.63) is 132 Å². The van der Waals surface area contributed by atoms with Crippen molar-refractivity contribution in [1.82, 2.24) is 15.2 Å². The molecule has 0 aliphatic rings. The van der Waals surface area contributed by atoms with Gasteiger partial charge in [0.05, 0.1) is 11.9 Å². The number of amides is 1. The third kappa shape index (κ3) is 7.02. The van der Waals surface area contributed by atoms with Gasteiger partial charge in [-0.2, -0.15) is 10.2 Å². The molecule has 0 fully saturated rings. The second-order valence-electron chi connectivity index (χ2n) is 9.09. The number of hydrogen-bond donors (Lipinski definition) is 1. The number of aryl methyl sites for hydroxylation is 1. The van der Waals surface area contributed by atoms with Crippen molar-refractivity contribution in [2.24, 2.45) is 5.10 Å². The minimum absolute atomic E-state index is 0.136. The molecule has 5 aromatic rings. The molecule has 5 rings (SSSR count). The Balaban J connectivity index is 1.28. The Morgan fingerprint density at radius 3 is 2.17 bits per heavy atom. The number of carbonyl (C=O) groups excluding carboxylic acids is 1. The van der Waals surface area contributed by atoms with Crippen molar-refractivity contribution in [3.8, 4) is 28.4 Å². The van der Waals surface area contributed by atoms with Crippen LogP contribution in [0.25, 0.3) is 16.9 Å². The first-order valence-electron chi connectivity index (χ1n) is 13.1. The number of nitrogens with one attached hydrogen (secondary N) is 1. The maximum absolute atomic E-state index is 12.3. The van der Waals surface area contributed by atoms with Gasteiger partial charge in [-0.3, -0.25) is 4.79 Å². The number of hydrogen-bond acceptors (Lipinski definition) is 5. The molecule has 0 aliphatic heterocycles. The number of ether oxygens (including phenoxy) is 2. The Hall–Kier alpha value is -5.17. The van der Waals surface area contributed by atoms with E-state index in [1.807, 2.05) is 115 Å². The Bertz CT molecular complexity index is 1550. The Labute approximate surface area is 233 Å². The topological polar surface area (TPSA) is 77.7 Å². The third-order valence-corrected chi connectivity index (χ3v) is 6.23. The van der Waals surface area contributed by atoms with Gasteiger partial charge in [-0.25, -0.2) is 10.1 Å². The zero-order valence-electron chi connectivity index (χ0n) is 22.2. The maximum Gasteiger partial charge on any atom is 0.277 e. The molecule has 0 unspecified atom stereocenters. The molecule has 0 spiro atoms. The monoisotopic (exact) mass is 530 g/mol. The summed E-state index contributed by atoms with van der Waals surface area (Å²) in [6, 6.07) is 35.3. The largest absolute Gasteiger partial charge is 0.489 e. The van der Waals surface area contributed by atoms with Crippen LogP contribution in [0, 0.1) is 0 Å². The highest BCUT2D eigenvalue weighted by Crippen LogP contribution is 2.25. The number of carbonyl (C=O) groups is 1. The first-order chi connectivity index (χ1) is 19.7. The van der Waals surface area contributed by atoms with Crippen LogP contribution in [0.3, 0.4) is 0 Å². The first-order valence-corrected chi connectivity index (χ1v) is 13.1. The van der Waals surface area contributed by atoms with Gasteiger partial charge < -0.3 is 9.47 Å². The van der Waals surface area contributed by atoms with Gasteiger partial charge in [-0.1, -0.05) is 67.6 Å². The summed E-state index contributed by atoms with van der Waals surface area (Å²) in [6.45, 7) is 2.45. The molecule has 0 radical (unpaired) electrons. The third-order valence-electron chi connectivity index (χ3n) is 6.23. The second kappa shape index (κ2) is 13.1. The molecular weight excluding hydrogens is 500 g/mol. The predicted octanol–water partition coefficient (Wildman–Crippen LogP) is 6.21. The minimum Gasteiger partial charge on any atom is -0.489 e. The molecule has 0 saturated carbocycles. The zero-order chi connectivity index (χ0) is 27.6. The fourth-order valence-electron chi connectivity index (χ4n) is 4.05. The number of para-hydroxylation sites is 1. The maximum atomic E-state index is 12.3. The van der Waals surface area contributed by atoms with Gasteiger partial charge >= 0.3 is 0 Å². The summed E-state index contributed by atoms with van der Waals surface area (Å²) in [4.78, 5) is 12.3. The van der Waals surface area contributed by atoms with Gasteiger partial charge in [0.25, 0.3) is 5.91 Å². The van der Waals surface area contributed by atoms with Crippen LogP contribution in [0.2, 0.25) is 0 Å². The second-order valence-corrected chi connectivity index (χ2v) is 9.09. The van der Waals surface area contributed by atoms with E-state index in [1.165, 1.54) is 5.56 Å². The van der Waals surface area contributed by atoms with E-state index < -0.39 is 0 Å². The van der Waals surface area contributed by atoms with E-state index in [9.17, 15) is 4.79 Å². The van der Waals surface area contributed by atoms with Gasteiger partial charge in [0.15, 0.2) is 6.61 Å². The molecule has 4 aromatic carbocycles. The standard InChI is InChI=1S/C33H30N4O3/c1-2-25-13-17-30(18-14-25)40-24-32(38)35-34-21-28-22-37(29-11-7-4-8-12-29)36-33(28)27-15-19-31(20-16-27)39-23-26-9-5-3-6-10-26/h3-22H,2,23-24H2,1H3,(H,35,38)/b34-21-. The Morgan fingerprint density at radius 1 is 0.825 bits per heavy atom. The molecule has 40 heavy (non-hydrogen) atoms. The van der Waals surface area contributed by atoms with Gasteiger partial charge in [-0.15, -0.1) is 0 Å². The molecule has 0 saturated heterocycles. The number of benzene rings is 4. The molecule has 1 N–H and O–H groups in total. The van der Waals surface area contributed by atoms with Crippen LogP contribution >= 0.6 is 0 Å². The van der Waals surface area contributed by atoms with Crippen LogP contribution in [-0.2, 0) is 17.8 Å². The smallest absolute Gasteiger partial charge is 0.277 e. The fraction of sp³-hybridized carbons (Fsp3) is 0.121. The highest BCUT2D eigenvalue weighted by Gasteiger charge is 2.12. The van der Waals surface area contributed by atoms with Crippen molar-refractivity contribution >= 4 is 12.1 Å². The van der Waals surface area contributed by atoms with Crippen molar-refractivity contribution in [3.63, 3.8) is 0 Å². The molecule has 1 amide bonds. The van der Waals surface area contributed by atoms with Crippen molar-refractivity contribution < 1.29 is 14.3 Å². The Kier molecular flexibility index (Phi) is 8.63. The zero-order valence-corrected chi connectivity index (χ0v) is 22.2. The lowest BCUT2D eigenvalue weighted by molar-refractivity contribution is -0.123. The summed E-state index contributed by atoms with van der Waals surface area (Å²) in [7, 11) is 0. The molecule has 1 heterocycles. The number of nitrogens with zero attached hydrogens (tertiary/aromatic N) is 3. The van der Waals surface area contributed by atoms with E-state index in [0.717, 1.165) is 40.2 Å². The normalized spacial score (nSPS) is 10.9. The lowest BCUT2D eigenvalue weighted by Crippen LogP contribution is -2.24. The SMILES string of the molecule is CCc1ccc(OCC(=O)N/N=C\c2cn(-c3ccccc3)nc2-c2ccc(OCc3ccccc3)cc2)cc1. The molecule has 200 valence electrons. The fourth-order valence-corrected chi connectivity index (χ4v) is 4.05. The highest BCUT2D eigenvalue weighted by molar-refractivity contribution is 5.89.